The molecule has 1 aliphatic rings. The van der Waals surface area contributed by atoms with Gasteiger partial charge in [0.2, 0.25) is 5.75 Å². The number of aromatic hydroxyl groups is 1. The number of phenolic OH excluding ortho intramolecular Hbond substituents is 1. The largest absolute Gasteiger partial charge is 0.502 e. The van der Waals surface area contributed by atoms with Crippen LogP contribution in [0.15, 0.2) is 18.2 Å². The first-order valence-electron chi connectivity index (χ1n) is 7.30. The van der Waals surface area contributed by atoms with Gasteiger partial charge >= 0.3 is 5.69 Å². The lowest BCUT2D eigenvalue weighted by Gasteiger charge is -2.29. The minimum absolute atomic E-state index is 0.0391. The first-order valence-corrected chi connectivity index (χ1v) is 7.30. The van der Waals surface area contributed by atoms with E-state index in [0.29, 0.717) is 5.92 Å². The lowest BCUT2D eigenvalue weighted by molar-refractivity contribution is -0.385. The third kappa shape index (κ3) is 3.51. The maximum Gasteiger partial charge on any atom is 0.311 e. The van der Waals surface area contributed by atoms with Crippen LogP contribution in [0.5, 0.6) is 5.75 Å². The van der Waals surface area contributed by atoms with Crippen molar-refractivity contribution in [3.63, 3.8) is 0 Å². The van der Waals surface area contributed by atoms with E-state index < -0.39 is 22.3 Å². The molecule has 2 N–H and O–H groups in total. The fourth-order valence-corrected chi connectivity index (χ4v) is 2.92. The molecule has 1 amide bonds. The zero-order chi connectivity index (χ0) is 15.4. The average Bonchev–Trinajstić information content (AvgIpc) is 2.47. The zero-order valence-corrected chi connectivity index (χ0v) is 12.0. The number of phenols is 1. The molecule has 1 aliphatic carbocycles. The molecule has 0 aliphatic heterocycles. The van der Waals surface area contributed by atoms with Gasteiger partial charge in [0, 0.05) is 12.1 Å². The van der Waals surface area contributed by atoms with Crippen LogP contribution in [0.2, 0.25) is 0 Å². The summed E-state index contributed by atoms with van der Waals surface area (Å²) in [5.41, 5.74) is -0.486. The molecule has 2 unspecified atom stereocenters. The van der Waals surface area contributed by atoms with E-state index in [4.69, 9.17) is 0 Å². The van der Waals surface area contributed by atoms with Gasteiger partial charge in [0.1, 0.15) is 0 Å². The van der Waals surface area contributed by atoms with E-state index in [-0.39, 0.29) is 11.6 Å². The number of benzene rings is 1. The highest BCUT2D eigenvalue weighted by Crippen LogP contribution is 2.30. The van der Waals surface area contributed by atoms with Gasteiger partial charge in [-0.1, -0.05) is 32.3 Å². The molecule has 2 atom stereocenters. The van der Waals surface area contributed by atoms with Crippen molar-refractivity contribution in [2.45, 2.75) is 45.1 Å². The van der Waals surface area contributed by atoms with E-state index in [1.165, 1.54) is 24.6 Å². The van der Waals surface area contributed by atoms with Gasteiger partial charge in [0.25, 0.3) is 5.91 Å². The molecule has 0 radical (unpaired) electrons. The standard InChI is InChI=1S/C15H20N2O4/c1-2-10-5-3-6-11(9-10)16-15(19)12-7-4-8-13(14(12)18)17(20)21/h4,7-8,10-11,18H,2-3,5-6,9H2,1H3,(H,16,19). The Morgan fingerprint density at radius 2 is 2.24 bits per heavy atom. The van der Waals surface area contributed by atoms with Crippen LogP contribution in [0.25, 0.3) is 0 Å². The van der Waals surface area contributed by atoms with Crippen LogP contribution < -0.4 is 5.32 Å². The van der Waals surface area contributed by atoms with Gasteiger partial charge in [0.05, 0.1) is 10.5 Å². The molecule has 6 nitrogen and oxygen atoms in total. The van der Waals surface area contributed by atoms with Gasteiger partial charge in [-0.3, -0.25) is 14.9 Å². The number of carbonyl (C=O) groups excluding carboxylic acids is 1. The van der Waals surface area contributed by atoms with E-state index in [1.54, 1.807) is 0 Å². The van der Waals surface area contributed by atoms with Gasteiger partial charge in [-0.15, -0.1) is 0 Å². The molecular formula is C15H20N2O4. The predicted octanol–water partition coefficient (Wildman–Crippen LogP) is 3.00. The van der Waals surface area contributed by atoms with Crippen LogP contribution in [0.3, 0.4) is 0 Å². The summed E-state index contributed by atoms with van der Waals surface area (Å²) in [5, 5.41) is 23.5. The van der Waals surface area contributed by atoms with Crippen molar-refractivity contribution in [2.75, 3.05) is 0 Å². The monoisotopic (exact) mass is 292 g/mol. The highest BCUT2D eigenvalue weighted by atomic mass is 16.6. The second-order valence-corrected chi connectivity index (χ2v) is 5.54. The summed E-state index contributed by atoms with van der Waals surface area (Å²) in [6, 6.07) is 4.06. The fraction of sp³-hybridized carbons (Fsp3) is 0.533. The molecule has 1 aromatic rings. The normalized spacial score (nSPS) is 21.8. The molecule has 2 rings (SSSR count). The number of amides is 1. The van der Waals surface area contributed by atoms with Crippen LogP contribution in [0.1, 0.15) is 49.4 Å². The van der Waals surface area contributed by atoms with E-state index in [9.17, 15) is 20.0 Å². The van der Waals surface area contributed by atoms with Crippen molar-refractivity contribution < 1.29 is 14.8 Å². The summed E-state index contributed by atoms with van der Waals surface area (Å²) in [6.45, 7) is 2.14. The summed E-state index contributed by atoms with van der Waals surface area (Å²) in [7, 11) is 0. The predicted molar refractivity (Wildman–Crippen MR) is 78.3 cm³/mol. The first-order chi connectivity index (χ1) is 10.0. The lowest BCUT2D eigenvalue weighted by atomic mass is 9.84. The minimum Gasteiger partial charge on any atom is -0.502 e. The molecule has 1 saturated carbocycles. The maximum absolute atomic E-state index is 12.2. The molecule has 0 aromatic heterocycles. The van der Waals surface area contributed by atoms with Crippen molar-refractivity contribution in [2.24, 2.45) is 5.92 Å². The number of para-hydroxylation sites is 1. The molecule has 1 fully saturated rings. The van der Waals surface area contributed by atoms with Crippen molar-refractivity contribution in [1.82, 2.24) is 5.32 Å². The Bertz CT molecular complexity index is 544. The number of nitrogens with one attached hydrogen (secondary N) is 1. The number of carbonyl (C=O) groups is 1. The second-order valence-electron chi connectivity index (χ2n) is 5.54. The Kier molecular flexibility index (Phi) is 4.77. The van der Waals surface area contributed by atoms with Gasteiger partial charge in [-0.25, -0.2) is 0 Å². The number of nitro groups is 1. The summed E-state index contributed by atoms with van der Waals surface area (Å²) in [4.78, 5) is 22.3. The molecular weight excluding hydrogens is 272 g/mol. The SMILES string of the molecule is CCC1CCCC(NC(=O)c2cccc([N+](=O)[O-])c2O)C1. The van der Waals surface area contributed by atoms with E-state index >= 15 is 0 Å². The highest BCUT2D eigenvalue weighted by Gasteiger charge is 2.25. The third-order valence-corrected chi connectivity index (χ3v) is 4.15. The van der Waals surface area contributed by atoms with E-state index in [1.807, 2.05) is 0 Å². The number of hydrogen-bond donors (Lipinski definition) is 2. The van der Waals surface area contributed by atoms with Gasteiger partial charge in [0.15, 0.2) is 0 Å². The lowest BCUT2D eigenvalue weighted by Crippen LogP contribution is -2.38. The van der Waals surface area contributed by atoms with Crippen LogP contribution in [0.4, 0.5) is 5.69 Å². The number of nitro benzene ring substituents is 1. The van der Waals surface area contributed by atoms with Crippen LogP contribution in [0, 0.1) is 16.0 Å². The molecule has 114 valence electrons. The van der Waals surface area contributed by atoms with Crippen LogP contribution >= 0.6 is 0 Å². The highest BCUT2D eigenvalue weighted by molar-refractivity contribution is 5.98. The molecule has 0 spiro atoms. The van der Waals surface area contributed by atoms with Crippen LogP contribution in [-0.2, 0) is 0 Å². The first kappa shape index (κ1) is 15.3. The molecule has 0 saturated heterocycles. The second kappa shape index (κ2) is 6.56. The smallest absolute Gasteiger partial charge is 0.311 e. The maximum atomic E-state index is 12.2. The van der Waals surface area contributed by atoms with E-state index in [0.717, 1.165) is 25.7 Å². The number of hydrogen-bond acceptors (Lipinski definition) is 4. The Labute approximate surface area is 123 Å². The van der Waals surface area contributed by atoms with E-state index in [2.05, 4.69) is 12.2 Å². The minimum atomic E-state index is -0.695. The molecule has 21 heavy (non-hydrogen) atoms. The molecule has 6 heteroatoms. The summed E-state index contributed by atoms with van der Waals surface area (Å²) >= 11 is 0. The van der Waals surface area contributed by atoms with Crippen molar-refractivity contribution in [3.05, 3.63) is 33.9 Å². The van der Waals surface area contributed by atoms with Crippen molar-refractivity contribution in [1.29, 1.82) is 0 Å². The van der Waals surface area contributed by atoms with Crippen LogP contribution in [-0.4, -0.2) is 22.0 Å². The summed E-state index contributed by atoms with van der Waals surface area (Å²) in [6.07, 6.45) is 5.19. The number of rotatable bonds is 4. The van der Waals surface area contributed by atoms with Gasteiger partial charge in [-0.2, -0.15) is 0 Å². The molecule has 1 aromatic carbocycles. The Hall–Kier alpha value is -2.11. The average molecular weight is 292 g/mol. The Balaban J connectivity index is 2.10. The van der Waals surface area contributed by atoms with Gasteiger partial charge in [-0.05, 0) is 24.8 Å². The topological polar surface area (TPSA) is 92.5 Å². The molecule has 0 bridgehead atoms. The Morgan fingerprint density at radius 1 is 1.48 bits per heavy atom. The fourth-order valence-electron chi connectivity index (χ4n) is 2.92. The molecule has 0 heterocycles. The third-order valence-electron chi connectivity index (χ3n) is 4.15. The van der Waals surface area contributed by atoms with Crippen molar-refractivity contribution in [3.8, 4) is 5.75 Å². The Morgan fingerprint density at radius 3 is 2.90 bits per heavy atom. The summed E-state index contributed by atoms with van der Waals surface area (Å²) < 4.78 is 0. The zero-order valence-electron chi connectivity index (χ0n) is 12.0. The van der Waals surface area contributed by atoms with Gasteiger partial charge < -0.3 is 10.4 Å². The summed E-state index contributed by atoms with van der Waals surface area (Å²) in [5.74, 6) is -0.399. The van der Waals surface area contributed by atoms with Crippen molar-refractivity contribution >= 4 is 11.6 Å². The quantitative estimate of drug-likeness (QED) is 0.659. The number of nitrogens with zero attached hydrogens (tertiary/aromatic N) is 1.